The summed E-state index contributed by atoms with van der Waals surface area (Å²) in [5, 5.41) is 13.7. The second-order valence-corrected chi connectivity index (χ2v) is 6.72. The first-order valence-electron chi connectivity index (χ1n) is 8.01. The molecule has 2 saturated carbocycles. The Morgan fingerprint density at radius 2 is 2.20 bits per heavy atom. The van der Waals surface area contributed by atoms with Crippen molar-refractivity contribution in [2.24, 2.45) is 5.92 Å². The van der Waals surface area contributed by atoms with Gasteiger partial charge in [0.2, 0.25) is 0 Å². The smallest absolute Gasteiger partial charge is 0.0951 e. The molecule has 4 heteroatoms. The third kappa shape index (κ3) is 2.63. The average molecular weight is 277 g/mol. The van der Waals surface area contributed by atoms with E-state index < -0.39 is 0 Å². The average Bonchev–Trinajstić information content (AvgIpc) is 3.09. The summed E-state index contributed by atoms with van der Waals surface area (Å²) in [6, 6.07) is 0.667. The first kappa shape index (κ1) is 14.1. The molecule has 0 amide bonds. The lowest BCUT2D eigenvalue weighted by molar-refractivity contribution is 0.115. The summed E-state index contributed by atoms with van der Waals surface area (Å²) in [7, 11) is 0. The summed E-state index contributed by atoms with van der Waals surface area (Å²) < 4.78 is 2.26. The molecule has 1 aromatic rings. The van der Waals surface area contributed by atoms with Crippen LogP contribution in [-0.2, 0) is 6.54 Å². The minimum Gasteiger partial charge on any atom is -0.394 e. The van der Waals surface area contributed by atoms with Gasteiger partial charge in [-0.3, -0.25) is 0 Å². The van der Waals surface area contributed by atoms with Crippen molar-refractivity contribution in [1.29, 1.82) is 0 Å². The Balaban J connectivity index is 1.64. The Morgan fingerprint density at radius 3 is 2.80 bits per heavy atom. The highest BCUT2D eigenvalue weighted by Gasteiger charge is 2.44. The number of aromatic nitrogens is 2. The molecule has 20 heavy (non-hydrogen) atoms. The fourth-order valence-electron chi connectivity index (χ4n) is 3.71. The van der Waals surface area contributed by atoms with Crippen molar-refractivity contribution >= 4 is 0 Å². The number of nitrogens with zero attached hydrogens (tertiary/aromatic N) is 2. The van der Waals surface area contributed by atoms with Gasteiger partial charge in [-0.15, -0.1) is 0 Å². The Bertz CT molecular complexity index is 466. The molecule has 0 aliphatic heterocycles. The van der Waals surface area contributed by atoms with Crippen LogP contribution in [0.4, 0.5) is 0 Å². The minimum atomic E-state index is -0.00923. The highest BCUT2D eigenvalue weighted by Crippen LogP contribution is 2.40. The van der Waals surface area contributed by atoms with E-state index in [4.69, 9.17) is 0 Å². The van der Waals surface area contributed by atoms with Gasteiger partial charge < -0.3 is 15.0 Å². The molecule has 1 heterocycles. The fraction of sp³-hybridized carbons (Fsp3) is 0.812. The normalized spacial score (nSPS) is 30.1. The van der Waals surface area contributed by atoms with Gasteiger partial charge in [0.1, 0.15) is 0 Å². The molecule has 2 atom stereocenters. The molecule has 0 radical (unpaired) electrons. The highest BCUT2D eigenvalue weighted by atomic mass is 16.3. The zero-order valence-corrected chi connectivity index (χ0v) is 12.7. The molecule has 2 fully saturated rings. The molecule has 2 unspecified atom stereocenters. The van der Waals surface area contributed by atoms with Crippen LogP contribution in [-0.4, -0.2) is 32.8 Å². The van der Waals surface area contributed by atoms with E-state index in [1.54, 1.807) is 0 Å². The van der Waals surface area contributed by atoms with Crippen LogP contribution in [0.3, 0.4) is 0 Å². The Hall–Kier alpha value is -0.870. The predicted molar refractivity (Wildman–Crippen MR) is 79.6 cm³/mol. The second kappa shape index (κ2) is 5.49. The zero-order valence-electron chi connectivity index (χ0n) is 12.7. The number of aliphatic hydroxyl groups is 1. The van der Waals surface area contributed by atoms with Crippen LogP contribution in [0, 0.1) is 19.8 Å². The number of hydrogen-bond donors (Lipinski definition) is 2. The van der Waals surface area contributed by atoms with Crippen molar-refractivity contribution in [3.05, 3.63) is 17.7 Å². The van der Waals surface area contributed by atoms with Crippen molar-refractivity contribution < 1.29 is 5.11 Å². The van der Waals surface area contributed by atoms with Crippen molar-refractivity contribution in [3.8, 4) is 0 Å². The first-order chi connectivity index (χ1) is 9.64. The number of aliphatic hydroxyl groups excluding tert-OH is 1. The summed E-state index contributed by atoms with van der Waals surface area (Å²) in [6.07, 6.45) is 9.28. The topological polar surface area (TPSA) is 50.1 Å². The predicted octanol–water partition coefficient (Wildman–Crippen LogP) is 2.17. The number of aryl methyl sites for hydroxylation is 2. The Kier molecular flexibility index (Phi) is 3.87. The van der Waals surface area contributed by atoms with E-state index in [0.717, 1.165) is 25.1 Å². The second-order valence-electron chi connectivity index (χ2n) is 6.72. The molecule has 2 aliphatic rings. The molecule has 1 aromatic heterocycles. The maximum atomic E-state index is 9.94. The molecule has 2 N–H and O–H groups in total. The summed E-state index contributed by atoms with van der Waals surface area (Å²) in [5.41, 5.74) is 2.39. The van der Waals surface area contributed by atoms with Gasteiger partial charge in [0.05, 0.1) is 18.6 Å². The molecular weight excluding hydrogens is 250 g/mol. The lowest BCUT2D eigenvalue weighted by Gasteiger charge is -2.35. The lowest BCUT2D eigenvalue weighted by Crippen LogP contribution is -2.52. The van der Waals surface area contributed by atoms with Gasteiger partial charge in [0.15, 0.2) is 0 Å². The van der Waals surface area contributed by atoms with Crippen LogP contribution >= 0.6 is 0 Å². The van der Waals surface area contributed by atoms with Crippen molar-refractivity contribution in [2.45, 2.75) is 70.5 Å². The summed E-state index contributed by atoms with van der Waals surface area (Å²) in [6.45, 7) is 5.51. The van der Waals surface area contributed by atoms with Crippen LogP contribution in [0.15, 0.2) is 6.33 Å². The maximum Gasteiger partial charge on any atom is 0.0951 e. The quantitative estimate of drug-likeness (QED) is 0.838. The third-order valence-electron chi connectivity index (χ3n) is 5.37. The number of nitrogens with one attached hydrogen (secondary N) is 1. The van der Waals surface area contributed by atoms with Gasteiger partial charge in [0, 0.05) is 23.8 Å². The van der Waals surface area contributed by atoms with Gasteiger partial charge in [0.25, 0.3) is 0 Å². The lowest BCUT2D eigenvalue weighted by atomic mass is 9.85. The van der Waals surface area contributed by atoms with E-state index in [2.05, 4.69) is 28.7 Å². The molecule has 112 valence electrons. The third-order valence-corrected chi connectivity index (χ3v) is 5.37. The zero-order chi connectivity index (χ0) is 14.2. The Morgan fingerprint density at radius 1 is 1.40 bits per heavy atom. The highest BCUT2D eigenvalue weighted by molar-refractivity contribution is 5.09. The molecule has 0 aromatic carbocycles. The van der Waals surface area contributed by atoms with Crippen molar-refractivity contribution in [1.82, 2.24) is 14.9 Å². The van der Waals surface area contributed by atoms with Crippen LogP contribution in [0.25, 0.3) is 0 Å². The van der Waals surface area contributed by atoms with Crippen LogP contribution in [0.2, 0.25) is 0 Å². The monoisotopic (exact) mass is 277 g/mol. The molecule has 2 aliphatic carbocycles. The number of imidazole rings is 1. The van der Waals surface area contributed by atoms with Crippen molar-refractivity contribution in [2.75, 3.05) is 6.61 Å². The molecule has 4 nitrogen and oxygen atoms in total. The van der Waals surface area contributed by atoms with Gasteiger partial charge in [-0.25, -0.2) is 4.98 Å². The molecule has 0 bridgehead atoms. The number of rotatable bonds is 6. The first-order valence-corrected chi connectivity index (χ1v) is 8.01. The summed E-state index contributed by atoms with van der Waals surface area (Å²) >= 11 is 0. The fourth-order valence-corrected chi connectivity index (χ4v) is 3.71. The summed E-state index contributed by atoms with van der Waals surface area (Å²) in [5.74, 6) is 0.593. The van der Waals surface area contributed by atoms with Crippen LogP contribution < -0.4 is 5.32 Å². The maximum absolute atomic E-state index is 9.94. The van der Waals surface area contributed by atoms with Gasteiger partial charge in [-0.05, 0) is 51.9 Å². The van der Waals surface area contributed by atoms with E-state index in [-0.39, 0.29) is 12.1 Å². The minimum absolute atomic E-state index is 0.00923. The van der Waals surface area contributed by atoms with E-state index in [1.807, 2.05) is 6.33 Å². The largest absolute Gasteiger partial charge is 0.394 e. The molecule has 0 spiro atoms. The van der Waals surface area contributed by atoms with E-state index in [9.17, 15) is 5.11 Å². The summed E-state index contributed by atoms with van der Waals surface area (Å²) in [4.78, 5) is 4.37. The van der Waals surface area contributed by atoms with Crippen LogP contribution in [0.1, 0.15) is 49.9 Å². The van der Waals surface area contributed by atoms with E-state index in [1.165, 1.54) is 31.4 Å². The van der Waals surface area contributed by atoms with Gasteiger partial charge in [-0.1, -0.05) is 6.42 Å². The number of hydrogen-bond acceptors (Lipinski definition) is 3. The Labute approximate surface area is 121 Å². The standard InChI is InChI=1S/C16H27N3O/c1-12-13(2)19(11-17-12)9-7-14-4-3-8-16(14,10-20)18-15-5-6-15/h11,14-15,18,20H,3-10H2,1-2H3. The molecular formula is C16H27N3O. The van der Waals surface area contributed by atoms with E-state index in [0.29, 0.717) is 12.0 Å². The SMILES string of the molecule is Cc1ncn(CCC2CCCC2(CO)NC2CC2)c1C. The van der Waals surface area contributed by atoms with Gasteiger partial charge in [-0.2, -0.15) is 0 Å². The molecule has 0 saturated heterocycles. The van der Waals surface area contributed by atoms with Crippen molar-refractivity contribution in [3.63, 3.8) is 0 Å². The van der Waals surface area contributed by atoms with E-state index >= 15 is 0 Å². The molecule has 3 rings (SSSR count). The van der Waals surface area contributed by atoms with Gasteiger partial charge >= 0.3 is 0 Å². The van der Waals surface area contributed by atoms with Crippen LogP contribution in [0.5, 0.6) is 0 Å².